The second-order valence-corrected chi connectivity index (χ2v) is 8.27. The van der Waals surface area contributed by atoms with Crippen molar-refractivity contribution in [2.24, 2.45) is 0 Å². The van der Waals surface area contributed by atoms with Gasteiger partial charge in [-0.25, -0.2) is 13.2 Å². The number of nitrogens with zero attached hydrogens (tertiary/aromatic N) is 1. The molecule has 0 saturated carbocycles. The highest BCUT2D eigenvalue weighted by Crippen LogP contribution is 2.30. The van der Waals surface area contributed by atoms with Crippen LogP contribution in [0.25, 0.3) is 0 Å². The largest absolute Gasteiger partial charge is 0.495 e. The van der Waals surface area contributed by atoms with E-state index < -0.39 is 16.0 Å². The Morgan fingerprint density at radius 2 is 1.74 bits per heavy atom. The number of carbonyl (C=O) groups is 1. The Morgan fingerprint density at radius 3 is 2.33 bits per heavy atom. The maximum Gasteiger partial charge on any atom is 0.343 e. The number of aryl methyl sites for hydroxylation is 1. The van der Waals surface area contributed by atoms with Crippen LogP contribution in [0.2, 0.25) is 0 Å². The van der Waals surface area contributed by atoms with Gasteiger partial charge in [-0.05, 0) is 55.2 Å². The number of methoxy groups -OCH3 is 1. The van der Waals surface area contributed by atoms with E-state index in [9.17, 15) is 13.2 Å². The fourth-order valence-electron chi connectivity index (χ4n) is 3.03. The van der Waals surface area contributed by atoms with Gasteiger partial charge in [0.25, 0.3) is 0 Å². The van der Waals surface area contributed by atoms with E-state index in [-0.39, 0.29) is 16.2 Å². The highest BCUT2D eigenvalue weighted by atomic mass is 32.2. The molecular formula is C20H23NO5S. The maximum atomic E-state index is 12.9. The van der Waals surface area contributed by atoms with Crippen molar-refractivity contribution in [3.8, 4) is 11.5 Å². The Bertz CT molecular complexity index is 916. The third-order valence-corrected chi connectivity index (χ3v) is 6.54. The number of carbonyl (C=O) groups excluding carboxylic acids is 1. The van der Waals surface area contributed by atoms with E-state index >= 15 is 0 Å². The number of rotatable bonds is 6. The van der Waals surface area contributed by atoms with Crippen LogP contribution < -0.4 is 9.47 Å². The highest BCUT2D eigenvalue weighted by Gasteiger charge is 2.30. The molecule has 2 aromatic rings. The average Bonchev–Trinajstić information content (AvgIpc) is 3.23. The zero-order valence-electron chi connectivity index (χ0n) is 15.5. The molecule has 1 aliphatic heterocycles. The highest BCUT2D eigenvalue weighted by molar-refractivity contribution is 7.89. The Hall–Kier alpha value is -2.38. The summed E-state index contributed by atoms with van der Waals surface area (Å²) in [7, 11) is -2.31. The molecule has 0 aromatic heterocycles. The SMILES string of the molecule is CCc1ccc(OC(=O)c2ccc(OC)c(S(=O)(=O)N3CCCC3)c2)cc1. The molecule has 0 N–H and O–H groups in total. The second kappa shape index (κ2) is 8.10. The van der Waals surface area contributed by atoms with Gasteiger partial charge < -0.3 is 9.47 Å². The molecule has 1 fully saturated rings. The number of esters is 1. The first-order valence-corrected chi connectivity index (χ1v) is 10.4. The van der Waals surface area contributed by atoms with Gasteiger partial charge in [-0.15, -0.1) is 0 Å². The lowest BCUT2D eigenvalue weighted by Crippen LogP contribution is -2.28. The Labute approximate surface area is 159 Å². The molecule has 7 heteroatoms. The predicted molar refractivity (Wildman–Crippen MR) is 102 cm³/mol. The molecular weight excluding hydrogens is 366 g/mol. The maximum absolute atomic E-state index is 12.9. The zero-order valence-corrected chi connectivity index (χ0v) is 16.3. The van der Waals surface area contributed by atoms with Crippen LogP contribution >= 0.6 is 0 Å². The van der Waals surface area contributed by atoms with E-state index in [4.69, 9.17) is 9.47 Å². The van der Waals surface area contributed by atoms with Gasteiger partial charge in [-0.3, -0.25) is 0 Å². The van der Waals surface area contributed by atoms with Crippen LogP contribution in [0.3, 0.4) is 0 Å². The first kappa shape index (κ1) is 19.4. The van der Waals surface area contributed by atoms with Gasteiger partial charge in [0.2, 0.25) is 10.0 Å². The third-order valence-electron chi connectivity index (χ3n) is 4.62. The van der Waals surface area contributed by atoms with Crippen LogP contribution in [-0.4, -0.2) is 38.9 Å². The van der Waals surface area contributed by atoms with E-state index in [0.717, 1.165) is 24.8 Å². The standard InChI is InChI=1S/C20H23NO5S/c1-3-15-6-9-17(10-7-15)26-20(22)16-8-11-18(25-2)19(14-16)27(23,24)21-12-4-5-13-21/h6-11,14H,3-5,12-13H2,1-2H3. The van der Waals surface area contributed by atoms with Crippen LogP contribution in [0.4, 0.5) is 0 Å². The van der Waals surface area contributed by atoms with Gasteiger partial charge >= 0.3 is 5.97 Å². The molecule has 0 bridgehead atoms. The van der Waals surface area contributed by atoms with Crippen molar-refractivity contribution in [2.75, 3.05) is 20.2 Å². The number of ether oxygens (including phenoxy) is 2. The Kier molecular flexibility index (Phi) is 5.82. The van der Waals surface area contributed by atoms with E-state index in [2.05, 4.69) is 0 Å². The number of hydrogen-bond acceptors (Lipinski definition) is 5. The summed E-state index contributed by atoms with van der Waals surface area (Å²) in [6, 6.07) is 11.5. The molecule has 2 aromatic carbocycles. The van der Waals surface area contributed by atoms with E-state index in [1.165, 1.54) is 29.6 Å². The van der Waals surface area contributed by atoms with Gasteiger partial charge in [0.1, 0.15) is 16.4 Å². The van der Waals surface area contributed by atoms with Crippen LogP contribution in [0.5, 0.6) is 11.5 Å². The van der Waals surface area contributed by atoms with Crippen molar-refractivity contribution in [3.05, 3.63) is 53.6 Å². The fourth-order valence-corrected chi connectivity index (χ4v) is 4.73. The average molecular weight is 389 g/mol. The second-order valence-electron chi connectivity index (χ2n) is 6.36. The smallest absolute Gasteiger partial charge is 0.343 e. The number of hydrogen-bond donors (Lipinski definition) is 0. The van der Waals surface area contributed by atoms with Gasteiger partial charge in [-0.2, -0.15) is 4.31 Å². The zero-order chi connectivity index (χ0) is 19.4. The Morgan fingerprint density at radius 1 is 1.07 bits per heavy atom. The lowest BCUT2D eigenvalue weighted by molar-refractivity contribution is 0.0734. The predicted octanol–water partition coefficient (Wildman–Crippen LogP) is 3.26. The molecule has 0 amide bonds. The van der Waals surface area contributed by atoms with Crippen molar-refractivity contribution < 1.29 is 22.7 Å². The summed E-state index contributed by atoms with van der Waals surface area (Å²) in [4.78, 5) is 12.5. The van der Waals surface area contributed by atoms with Crippen molar-refractivity contribution in [1.29, 1.82) is 0 Å². The van der Waals surface area contributed by atoms with E-state index in [0.29, 0.717) is 18.8 Å². The summed E-state index contributed by atoms with van der Waals surface area (Å²) in [6.07, 6.45) is 2.55. The molecule has 0 radical (unpaired) electrons. The van der Waals surface area contributed by atoms with Crippen molar-refractivity contribution >= 4 is 16.0 Å². The number of benzene rings is 2. The minimum Gasteiger partial charge on any atom is -0.495 e. The Balaban J connectivity index is 1.88. The molecule has 0 unspecified atom stereocenters. The molecule has 1 heterocycles. The summed E-state index contributed by atoms with van der Waals surface area (Å²) >= 11 is 0. The van der Waals surface area contributed by atoms with Crippen molar-refractivity contribution in [1.82, 2.24) is 4.31 Å². The minimum atomic E-state index is -3.72. The van der Waals surface area contributed by atoms with Crippen LogP contribution in [-0.2, 0) is 16.4 Å². The lowest BCUT2D eigenvalue weighted by atomic mass is 10.2. The van der Waals surface area contributed by atoms with E-state index in [1.807, 2.05) is 19.1 Å². The lowest BCUT2D eigenvalue weighted by Gasteiger charge is -2.18. The molecule has 27 heavy (non-hydrogen) atoms. The molecule has 1 saturated heterocycles. The minimum absolute atomic E-state index is 0.0114. The summed E-state index contributed by atoms with van der Waals surface area (Å²) in [5.41, 5.74) is 1.30. The summed E-state index contributed by atoms with van der Waals surface area (Å²) in [6.45, 7) is 2.99. The monoisotopic (exact) mass is 389 g/mol. The summed E-state index contributed by atoms with van der Waals surface area (Å²) in [5.74, 6) is 0.0162. The molecule has 0 spiro atoms. The molecule has 144 valence electrons. The molecule has 6 nitrogen and oxygen atoms in total. The quantitative estimate of drug-likeness (QED) is 0.560. The normalized spacial score (nSPS) is 14.9. The number of sulfonamides is 1. The van der Waals surface area contributed by atoms with Crippen LogP contribution in [0.1, 0.15) is 35.7 Å². The van der Waals surface area contributed by atoms with Crippen LogP contribution in [0, 0.1) is 0 Å². The van der Waals surface area contributed by atoms with Gasteiger partial charge in [-0.1, -0.05) is 19.1 Å². The topological polar surface area (TPSA) is 72.9 Å². The molecule has 1 aliphatic rings. The van der Waals surface area contributed by atoms with Crippen molar-refractivity contribution in [3.63, 3.8) is 0 Å². The summed E-state index contributed by atoms with van der Waals surface area (Å²) < 4.78 is 37.8. The fraction of sp³-hybridized carbons (Fsp3) is 0.350. The molecule has 0 aliphatic carbocycles. The first-order valence-electron chi connectivity index (χ1n) is 8.95. The van der Waals surface area contributed by atoms with Gasteiger partial charge in [0.15, 0.2) is 0 Å². The summed E-state index contributed by atoms with van der Waals surface area (Å²) in [5, 5.41) is 0. The van der Waals surface area contributed by atoms with Gasteiger partial charge in [0.05, 0.1) is 12.7 Å². The molecule has 3 rings (SSSR count). The van der Waals surface area contributed by atoms with Gasteiger partial charge in [0, 0.05) is 13.1 Å². The molecule has 0 atom stereocenters. The van der Waals surface area contributed by atoms with Crippen molar-refractivity contribution in [2.45, 2.75) is 31.1 Å². The van der Waals surface area contributed by atoms with Crippen LogP contribution in [0.15, 0.2) is 47.4 Å². The first-order chi connectivity index (χ1) is 13.0. The van der Waals surface area contributed by atoms with E-state index in [1.54, 1.807) is 12.1 Å². The third kappa shape index (κ3) is 4.14.